The predicted octanol–water partition coefficient (Wildman–Crippen LogP) is 2.34. The average molecular weight is 169 g/mol. The summed E-state index contributed by atoms with van der Waals surface area (Å²) >= 11 is 1.73. The molecule has 0 N–H and O–H groups in total. The van der Waals surface area contributed by atoms with Crippen LogP contribution in [0.15, 0.2) is 5.38 Å². The first-order chi connectivity index (χ1) is 5.27. The number of epoxide rings is 1. The maximum atomic E-state index is 5.13. The third kappa shape index (κ3) is 1.44. The van der Waals surface area contributed by atoms with Crippen LogP contribution in [-0.4, -0.2) is 11.6 Å². The second-order valence-corrected chi connectivity index (χ2v) is 3.98. The van der Waals surface area contributed by atoms with Gasteiger partial charge in [-0.15, -0.1) is 11.3 Å². The quantitative estimate of drug-likeness (QED) is 0.635. The Morgan fingerprint density at radius 1 is 1.73 bits per heavy atom. The van der Waals surface area contributed by atoms with Crippen LogP contribution in [0.1, 0.15) is 36.6 Å². The lowest BCUT2D eigenvalue weighted by Crippen LogP contribution is -1.86. The molecule has 0 spiro atoms. The highest BCUT2D eigenvalue weighted by molar-refractivity contribution is 7.09. The molecule has 0 radical (unpaired) electrons. The third-order valence-corrected chi connectivity index (χ3v) is 2.86. The summed E-state index contributed by atoms with van der Waals surface area (Å²) in [6.45, 7) is 5.19. The van der Waals surface area contributed by atoms with Crippen LogP contribution in [0.25, 0.3) is 0 Å². The van der Waals surface area contributed by atoms with E-state index in [0.717, 1.165) is 12.3 Å². The Morgan fingerprint density at radius 3 is 2.91 bits per heavy atom. The van der Waals surface area contributed by atoms with Gasteiger partial charge in [-0.1, -0.05) is 13.8 Å². The van der Waals surface area contributed by atoms with Gasteiger partial charge in [0, 0.05) is 11.3 Å². The van der Waals surface area contributed by atoms with Crippen molar-refractivity contribution in [2.75, 3.05) is 6.61 Å². The van der Waals surface area contributed by atoms with Crippen LogP contribution in [0, 0.1) is 0 Å². The van der Waals surface area contributed by atoms with Crippen molar-refractivity contribution < 1.29 is 4.74 Å². The summed E-state index contributed by atoms with van der Waals surface area (Å²) in [6, 6.07) is 0. The smallest absolute Gasteiger partial charge is 0.124 e. The van der Waals surface area contributed by atoms with Crippen molar-refractivity contribution in [3.63, 3.8) is 0 Å². The molecule has 2 nitrogen and oxygen atoms in total. The van der Waals surface area contributed by atoms with E-state index in [0.29, 0.717) is 12.0 Å². The second-order valence-electron chi connectivity index (χ2n) is 3.09. The summed E-state index contributed by atoms with van der Waals surface area (Å²) in [6.07, 6.45) is 0.318. The van der Waals surface area contributed by atoms with Gasteiger partial charge in [-0.3, -0.25) is 0 Å². The van der Waals surface area contributed by atoms with Crippen LogP contribution in [0.5, 0.6) is 0 Å². The van der Waals surface area contributed by atoms with E-state index in [4.69, 9.17) is 4.74 Å². The fraction of sp³-hybridized carbons (Fsp3) is 0.625. The first-order valence-electron chi connectivity index (χ1n) is 3.84. The maximum Gasteiger partial charge on any atom is 0.124 e. The Kier molecular flexibility index (Phi) is 1.69. The summed E-state index contributed by atoms with van der Waals surface area (Å²) in [5.41, 5.74) is 1.12. The Bertz CT molecular complexity index is 236. The molecule has 1 saturated heterocycles. The van der Waals surface area contributed by atoms with E-state index in [1.807, 2.05) is 0 Å². The van der Waals surface area contributed by atoms with E-state index in [9.17, 15) is 0 Å². The summed E-state index contributed by atoms with van der Waals surface area (Å²) in [4.78, 5) is 4.47. The topological polar surface area (TPSA) is 25.4 Å². The molecule has 1 aromatic heterocycles. The zero-order valence-corrected chi connectivity index (χ0v) is 7.52. The lowest BCUT2D eigenvalue weighted by molar-refractivity contribution is 0.412. The number of ether oxygens (including phenoxy) is 1. The minimum absolute atomic E-state index is 0.318. The molecule has 1 atom stereocenters. The van der Waals surface area contributed by atoms with E-state index >= 15 is 0 Å². The second kappa shape index (κ2) is 2.57. The Morgan fingerprint density at radius 2 is 2.45 bits per heavy atom. The average Bonchev–Trinajstić information content (AvgIpc) is 2.68. The zero-order chi connectivity index (χ0) is 7.84. The highest BCUT2D eigenvalue weighted by atomic mass is 32.1. The van der Waals surface area contributed by atoms with Crippen LogP contribution in [0.2, 0.25) is 0 Å². The van der Waals surface area contributed by atoms with Crippen molar-refractivity contribution >= 4 is 11.3 Å². The van der Waals surface area contributed by atoms with Gasteiger partial charge in [0.25, 0.3) is 0 Å². The molecule has 0 aromatic carbocycles. The number of aromatic nitrogens is 1. The van der Waals surface area contributed by atoms with Gasteiger partial charge in [0.1, 0.15) is 6.10 Å². The number of hydrogen-bond acceptors (Lipinski definition) is 3. The van der Waals surface area contributed by atoms with Gasteiger partial charge in [-0.2, -0.15) is 0 Å². The summed E-state index contributed by atoms with van der Waals surface area (Å²) < 4.78 is 5.13. The Labute approximate surface area is 70.2 Å². The Balaban J connectivity index is 2.18. The molecule has 1 aromatic rings. The first kappa shape index (κ1) is 7.25. The Hall–Kier alpha value is -0.410. The lowest BCUT2D eigenvalue weighted by Gasteiger charge is -1.95. The molecular formula is C8H11NOS. The SMILES string of the molecule is CC(C)c1nc([C@H]2CO2)cs1. The normalized spacial score (nSPS) is 22.6. The molecule has 1 aliphatic heterocycles. The molecule has 3 heteroatoms. The van der Waals surface area contributed by atoms with Crippen molar-refractivity contribution in [1.29, 1.82) is 0 Å². The predicted molar refractivity (Wildman–Crippen MR) is 44.9 cm³/mol. The molecule has 1 fully saturated rings. The number of rotatable bonds is 2. The largest absolute Gasteiger partial charge is 0.366 e. The summed E-state index contributed by atoms with van der Waals surface area (Å²) in [7, 11) is 0. The molecule has 2 heterocycles. The van der Waals surface area contributed by atoms with Gasteiger partial charge < -0.3 is 4.74 Å². The number of hydrogen-bond donors (Lipinski definition) is 0. The van der Waals surface area contributed by atoms with E-state index in [2.05, 4.69) is 24.2 Å². The number of thiazole rings is 1. The van der Waals surface area contributed by atoms with Gasteiger partial charge in [0.05, 0.1) is 17.3 Å². The maximum absolute atomic E-state index is 5.13. The van der Waals surface area contributed by atoms with Gasteiger partial charge in [0.2, 0.25) is 0 Å². The molecule has 0 bridgehead atoms. The van der Waals surface area contributed by atoms with Crippen molar-refractivity contribution in [3.8, 4) is 0 Å². The van der Waals surface area contributed by atoms with Gasteiger partial charge in [-0.05, 0) is 0 Å². The molecule has 0 amide bonds. The van der Waals surface area contributed by atoms with Gasteiger partial charge in [0.15, 0.2) is 0 Å². The van der Waals surface area contributed by atoms with Crippen molar-refractivity contribution in [2.45, 2.75) is 25.9 Å². The van der Waals surface area contributed by atoms with E-state index in [1.165, 1.54) is 5.01 Å². The van der Waals surface area contributed by atoms with E-state index in [-0.39, 0.29) is 0 Å². The van der Waals surface area contributed by atoms with Crippen LogP contribution in [-0.2, 0) is 4.74 Å². The highest BCUT2D eigenvalue weighted by Crippen LogP contribution is 2.31. The van der Waals surface area contributed by atoms with Gasteiger partial charge >= 0.3 is 0 Å². The van der Waals surface area contributed by atoms with Crippen LogP contribution < -0.4 is 0 Å². The molecule has 0 aliphatic carbocycles. The van der Waals surface area contributed by atoms with Crippen LogP contribution >= 0.6 is 11.3 Å². The fourth-order valence-electron chi connectivity index (χ4n) is 0.933. The molecular weight excluding hydrogens is 158 g/mol. The molecule has 0 unspecified atom stereocenters. The lowest BCUT2D eigenvalue weighted by atomic mass is 10.2. The third-order valence-electron chi connectivity index (χ3n) is 1.70. The minimum atomic E-state index is 0.318. The molecule has 1 aliphatic rings. The van der Waals surface area contributed by atoms with Crippen LogP contribution in [0.4, 0.5) is 0 Å². The van der Waals surface area contributed by atoms with E-state index in [1.54, 1.807) is 11.3 Å². The van der Waals surface area contributed by atoms with Crippen molar-refractivity contribution in [1.82, 2.24) is 4.98 Å². The van der Waals surface area contributed by atoms with Gasteiger partial charge in [-0.25, -0.2) is 4.98 Å². The zero-order valence-electron chi connectivity index (χ0n) is 6.70. The van der Waals surface area contributed by atoms with Crippen LogP contribution in [0.3, 0.4) is 0 Å². The minimum Gasteiger partial charge on any atom is -0.366 e. The van der Waals surface area contributed by atoms with E-state index < -0.39 is 0 Å². The highest BCUT2D eigenvalue weighted by Gasteiger charge is 2.27. The van der Waals surface area contributed by atoms with Crippen molar-refractivity contribution in [2.24, 2.45) is 0 Å². The standard InChI is InChI=1S/C8H11NOS/c1-5(2)8-9-6(4-11-8)7-3-10-7/h4-5,7H,3H2,1-2H3/t7-/m1/s1. The summed E-state index contributed by atoms with van der Waals surface area (Å²) in [5, 5.41) is 3.32. The molecule has 2 rings (SSSR count). The number of nitrogens with zero attached hydrogens (tertiary/aromatic N) is 1. The fourth-order valence-corrected chi connectivity index (χ4v) is 1.81. The molecule has 0 saturated carbocycles. The molecule has 11 heavy (non-hydrogen) atoms. The molecule has 60 valence electrons. The summed E-state index contributed by atoms with van der Waals surface area (Å²) in [5.74, 6) is 0.549. The first-order valence-corrected chi connectivity index (χ1v) is 4.72. The monoisotopic (exact) mass is 169 g/mol. The van der Waals surface area contributed by atoms with Crippen molar-refractivity contribution in [3.05, 3.63) is 16.1 Å².